The average Bonchev–Trinajstić information content (AvgIpc) is 2.80. The Hall–Kier alpha value is -1.46. The van der Waals surface area contributed by atoms with Gasteiger partial charge in [0.25, 0.3) is 0 Å². The normalized spacial score (nSPS) is 12.4. The third kappa shape index (κ3) is 2.77. The summed E-state index contributed by atoms with van der Waals surface area (Å²) in [6.07, 6.45) is 1.14. The zero-order valence-corrected chi connectivity index (χ0v) is 9.74. The molecule has 1 atom stereocenters. The molecular formula is C11H13N3OS. The number of aliphatic hydroxyl groups is 1. The minimum absolute atomic E-state index is 0.389. The van der Waals surface area contributed by atoms with Crippen molar-refractivity contribution in [2.75, 3.05) is 11.9 Å². The summed E-state index contributed by atoms with van der Waals surface area (Å²) in [6, 6.07) is 5.89. The van der Waals surface area contributed by atoms with E-state index in [1.165, 1.54) is 6.33 Å². The topological polar surface area (TPSA) is 58.0 Å². The van der Waals surface area contributed by atoms with Gasteiger partial charge in [-0.15, -0.1) is 11.3 Å². The van der Waals surface area contributed by atoms with E-state index in [0.717, 1.165) is 16.4 Å². The van der Waals surface area contributed by atoms with Gasteiger partial charge in [-0.3, -0.25) is 0 Å². The third-order valence-electron chi connectivity index (χ3n) is 2.02. The molecule has 2 heterocycles. The van der Waals surface area contributed by atoms with Gasteiger partial charge in [0.1, 0.15) is 12.1 Å². The van der Waals surface area contributed by atoms with Crippen LogP contribution in [-0.2, 0) is 0 Å². The number of thiophene rings is 1. The number of rotatable bonds is 4. The maximum Gasteiger partial charge on any atom is 0.130 e. The van der Waals surface area contributed by atoms with Crippen molar-refractivity contribution >= 4 is 17.2 Å². The van der Waals surface area contributed by atoms with Crippen LogP contribution in [-0.4, -0.2) is 27.7 Å². The van der Waals surface area contributed by atoms with Crippen molar-refractivity contribution in [2.45, 2.75) is 13.0 Å². The fourth-order valence-corrected chi connectivity index (χ4v) is 1.96. The molecular weight excluding hydrogens is 222 g/mol. The highest BCUT2D eigenvalue weighted by Crippen LogP contribution is 2.23. The molecule has 4 nitrogen and oxygen atoms in total. The monoisotopic (exact) mass is 235 g/mol. The molecule has 0 bridgehead atoms. The molecule has 0 spiro atoms. The van der Waals surface area contributed by atoms with Gasteiger partial charge in [0.15, 0.2) is 0 Å². The Morgan fingerprint density at radius 2 is 2.38 bits per heavy atom. The lowest BCUT2D eigenvalue weighted by molar-refractivity contribution is 0.208. The van der Waals surface area contributed by atoms with Gasteiger partial charge in [-0.2, -0.15) is 0 Å². The quantitative estimate of drug-likeness (QED) is 0.851. The van der Waals surface area contributed by atoms with E-state index in [-0.39, 0.29) is 6.10 Å². The van der Waals surface area contributed by atoms with Crippen molar-refractivity contribution in [1.29, 1.82) is 0 Å². The standard InChI is InChI=1S/C11H13N3OS/c1-8(15)6-12-11-5-9(13-7-14-11)10-3-2-4-16-10/h2-5,7-8,15H,6H2,1H3,(H,12,13,14). The summed E-state index contributed by atoms with van der Waals surface area (Å²) in [6.45, 7) is 2.22. The van der Waals surface area contributed by atoms with Crippen molar-refractivity contribution in [3.63, 3.8) is 0 Å². The summed E-state index contributed by atoms with van der Waals surface area (Å²) in [5.74, 6) is 0.735. The van der Waals surface area contributed by atoms with Crippen LogP contribution in [0.4, 0.5) is 5.82 Å². The Labute approximate surface area is 98.0 Å². The fourth-order valence-electron chi connectivity index (χ4n) is 1.27. The van der Waals surface area contributed by atoms with Gasteiger partial charge in [-0.25, -0.2) is 9.97 Å². The van der Waals surface area contributed by atoms with Gasteiger partial charge < -0.3 is 10.4 Å². The molecule has 0 saturated carbocycles. The van der Waals surface area contributed by atoms with Gasteiger partial charge in [0, 0.05) is 12.6 Å². The van der Waals surface area contributed by atoms with Crippen LogP contribution in [0.25, 0.3) is 10.6 Å². The van der Waals surface area contributed by atoms with Crippen LogP contribution >= 0.6 is 11.3 Å². The number of anilines is 1. The summed E-state index contributed by atoms with van der Waals surface area (Å²) in [4.78, 5) is 9.41. The van der Waals surface area contributed by atoms with E-state index in [1.54, 1.807) is 18.3 Å². The van der Waals surface area contributed by atoms with Crippen LogP contribution < -0.4 is 5.32 Å². The molecule has 0 aliphatic carbocycles. The van der Waals surface area contributed by atoms with Crippen molar-refractivity contribution in [2.24, 2.45) is 0 Å². The number of nitrogens with one attached hydrogen (secondary N) is 1. The molecule has 0 fully saturated rings. The van der Waals surface area contributed by atoms with E-state index in [2.05, 4.69) is 15.3 Å². The van der Waals surface area contributed by atoms with Crippen molar-refractivity contribution in [3.05, 3.63) is 29.9 Å². The Morgan fingerprint density at radius 1 is 1.50 bits per heavy atom. The van der Waals surface area contributed by atoms with Crippen LogP contribution in [0.1, 0.15) is 6.92 Å². The first kappa shape index (κ1) is 11.0. The predicted octanol–water partition coefficient (Wildman–Crippen LogP) is 2.00. The Kier molecular flexibility index (Phi) is 3.48. The first-order chi connectivity index (χ1) is 7.75. The van der Waals surface area contributed by atoms with Crippen molar-refractivity contribution in [3.8, 4) is 10.6 Å². The molecule has 5 heteroatoms. The number of hydrogen-bond acceptors (Lipinski definition) is 5. The van der Waals surface area contributed by atoms with E-state index < -0.39 is 0 Å². The smallest absolute Gasteiger partial charge is 0.130 e. The second-order valence-electron chi connectivity index (χ2n) is 3.50. The third-order valence-corrected chi connectivity index (χ3v) is 2.91. The number of nitrogens with zero attached hydrogens (tertiary/aromatic N) is 2. The predicted molar refractivity (Wildman–Crippen MR) is 65.5 cm³/mol. The summed E-state index contributed by atoms with van der Waals surface area (Å²) < 4.78 is 0. The second kappa shape index (κ2) is 5.05. The molecule has 0 amide bonds. The molecule has 0 radical (unpaired) electrons. The molecule has 2 aromatic rings. The lowest BCUT2D eigenvalue weighted by Gasteiger charge is -2.07. The molecule has 0 aliphatic rings. The molecule has 1 unspecified atom stereocenters. The lowest BCUT2D eigenvalue weighted by Crippen LogP contribution is -2.16. The first-order valence-electron chi connectivity index (χ1n) is 5.03. The Bertz CT molecular complexity index is 442. The molecule has 0 aromatic carbocycles. The highest BCUT2D eigenvalue weighted by Gasteiger charge is 2.03. The SMILES string of the molecule is CC(O)CNc1cc(-c2cccs2)ncn1. The summed E-state index contributed by atoms with van der Waals surface area (Å²) in [5.41, 5.74) is 0.901. The zero-order chi connectivity index (χ0) is 11.4. The highest BCUT2D eigenvalue weighted by atomic mass is 32.1. The van der Waals surface area contributed by atoms with Crippen molar-refractivity contribution < 1.29 is 5.11 Å². The van der Waals surface area contributed by atoms with Gasteiger partial charge in [-0.1, -0.05) is 6.07 Å². The van der Waals surface area contributed by atoms with Gasteiger partial charge in [-0.05, 0) is 18.4 Å². The molecule has 0 aliphatic heterocycles. The number of aliphatic hydroxyl groups excluding tert-OH is 1. The molecule has 2 aromatic heterocycles. The maximum absolute atomic E-state index is 9.16. The van der Waals surface area contributed by atoms with Crippen LogP contribution in [0.15, 0.2) is 29.9 Å². The highest BCUT2D eigenvalue weighted by molar-refractivity contribution is 7.13. The van der Waals surface area contributed by atoms with E-state index in [0.29, 0.717) is 6.54 Å². The lowest BCUT2D eigenvalue weighted by atomic mass is 10.3. The Morgan fingerprint density at radius 3 is 3.06 bits per heavy atom. The molecule has 84 valence electrons. The number of aromatic nitrogens is 2. The summed E-state index contributed by atoms with van der Waals surface area (Å²) in [7, 11) is 0. The minimum Gasteiger partial charge on any atom is -0.392 e. The van der Waals surface area contributed by atoms with Crippen molar-refractivity contribution in [1.82, 2.24) is 9.97 Å². The molecule has 0 saturated heterocycles. The average molecular weight is 235 g/mol. The summed E-state index contributed by atoms with van der Waals surface area (Å²) in [5, 5.41) is 14.2. The molecule has 2 rings (SSSR count). The maximum atomic E-state index is 9.16. The van der Waals surface area contributed by atoms with E-state index >= 15 is 0 Å². The van der Waals surface area contributed by atoms with Crippen LogP contribution in [0.2, 0.25) is 0 Å². The number of hydrogen-bond donors (Lipinski definition) is 2. The fraction of sp³-hybridized carbons (Fsp3) is 0.273. The second-order valence-corrected chi connectivity index (χ2v) is 4.44. The van der Waals surface area contributed by atoms with Gasteiger partial charge in [0.2, 0.25) is 0 Å². The molecule has 16 heavy (non-hydrogen) atoms. The zero-order valence-electron chi connectivity index (χ0n) is 8.92. The Balaban J connectivity index is 2.14. The van der Waals surface area contributed by atoms with Gasteiger partial charge in [0.05, 0.1) is 16.7 Å². The largest absolute Gasteiger partial charge is 0.392 e. The first-order valence-corrected chi connectivity index (χ1v) is 5.91. The summed E-state index contributed by atoms with van der Waals surface area (Å²) >= 11 is 1.64. The van der Waals surface area contributed by atoms with Crippen LogP contribution in [0.3, 0.4) is 0 Å². The van der Waals surface area contributed by atoms with E-state index in [4.69, 9.17) is 5.11 Å². The van der Waals surface area contributed by atoms with Crippen LogP contribution in [0, 0.1) is 0 Å². The van der Waals surface area contributed by atoms with E-state index in [9.17, 15) is 0 Å². The molecule has 2 N–H and O–H groups in total. The minimum atomic E-state index is -0.389. The van der Waals surface area contributed by atoms with Gasteiger partial charge >= 0.3 is 0 Å². The van der Waals surface area contributed by atoms with E-state index in [1.807, 2.05) is 23.6 Å². The van der Waals surface area contributed by atoms with Crippen LogP contribution in [0.5, 0.6) is 0 Å².